The van der Waals surface area contributed by atoms with E-state index in [0.717, 1.165) is 21.8 Å². The summed E-state index contributed by atoms with van der Waals surface area (Å²) >= 11 is 1.29. The maximum Gasteiger partial charge on any atom is 0.252 e. The van der Waals surface area contributed by atoms with Crippen molar-refractivity contribution in [3.8, 4) is 10.4 Å². The number of hydrogen-bond acceptors (Lipinski definition) is 5. The number of nitrogens with one attached hydrogen (secondary N) is 1. The number of hydrogen-bond donors (Lipinski definition) is 1. The molecule has 1 fully saturated rings. The number of H-pyrrole nitrogens is 1. The van der Waals surface area contributed by atoms with Crippen molar-refractivity contribution in [1.82, 2.24) is 14.5 Å². The molecule has 1 aliphatic heterocycles. The Morgan fingerprint density at radius 3 is 2.62 bits per heavy atom. The lowest BCUT2D eigenvalue weighted by molar-refractivity contribution is 0.0731. The first-order valence-electron chi connectivity index (χ1n) is 6.70. The zero-order valence-corrected chi connectivity index (χ0v) is 13.6. The van der Waals surface area contributed by atoms with Crippen LogP contribution in [0.2, 0.25) is 0 Å². The summed E-state index contributed by atoms with van der Waals surface area (Å²) in [5, 5.41) is 7.09. The molecule has 2 aromatic rings. The molecule has 114 valence electrons. The van der Waals surface area contributed by atoms with E-state index in [4.69, 9.17) is 4.74 Å². The van der Waals surface area contributed by atoms with Crippen molar-refractivity contribution < 1.29 is 13.2 Å². The Labute approximate surface area is 127 Å². The van der Waals surface area contributed by atoms with Crippen molar-refractivity contribution in [2.45, 2.75) is 18.1 Å². The molecule has 8 heteroatoms. The molecule has 0 atom stereocenters. The predicted octanol–water partition coefficient (Wildman–Crippen LogP) is 1.78. The van der Waals surface area contributed by atoms with E-state index in [9.17, 15) is 8.42 Å². The molecule has 0 bridgehead atoms. The lowest BCUT2D eigenvalue weighted by Gasteiger charge is -2.25. The molecule has 3 heterocycles. The molecule has 0 unspecified atom stereocenters. The van der Waals surface area contributed by atoms with Gasteiger partial charge in [0.2, 0.25) is 0 Å². The molecule has 0 aromatic carbocycles. The van der Waals surface area contributed by atoms with Crippen LogP contribution in [0.25, 0.3) is 10.4 Å². The van der Waals surface area contributed by atoms with Crippen LogP contribution in [0.5, 0.6) is 0 Å². The quantitative estimate of drug-likeness (QED) is 0.932. The number of morpholine rings is 1. The third kappa shape index (κ3) is 2.64. The van der Waals surface area contributed by atoms with Crippen LogP contribution in [-0.4, -0.2) is 49.2 Å². The fraction of sp³-hybridized carbons (Fsp3) is 0.462. The van der Waals surface area contributed by atoms with Crippen LogP contribution in [0.3, 0.4) is 0 Å². The highest BCUT2D eigenvalue weighted by atomic mass is 32.2. The maximum atomic E-state index is 12.6. The Bertz CT molecular complexity index is 723. The van der Waals surface area contributed by atoms with Crippen molar-refractivity contribution in [1.29, 1.82) is 0 Å². The number of aromatic nitrogens is 2. The smallest absolute Gasteiger partial charge is 0.252 e. The van der Waals surface area contributed by atoms with E-state index in [2.05, 4.69) is 10.2 Å². The normalized spacial score (nSPS) is 17.2. The summed E-state index contributed by atoms with van der Waals surface area (Å²) in [6, 6.07) is 3.53. The van der Waals surface area contributed by atoms with Gasteiger partial charge in [-0.1, -0.05) is 0 Å². The van der Waals surface area contributed by atoms with Gasteiger partial charge in [-0.05, 0) is 26.0 Å². The van der Waals surface area contributed by atoms with Gasteiger partial charge >= 0.3 is 0 Å². The zero-order chi connectivity index (χ0) is 15.0. The molecule has 6 nitrogen and oxygen atoms in total. The third-order valence-corrected chi connectivity index (χ3v) is 6.99. The minimum atomic E-state index is -3.42. The number of aryl methyl sites for hydroxylation is 2. The first kappa shape index (κ1) is 14.7. The van der Waals surface area contributed by atoms with Crippen molar-refractivity contribution in [2.24, 2.45) is 0 Å². The number of aromatic amines is 1. The summed E-state index contributed by atoms with van der Waals surface area (Å²) < 4.78 is 32.3. The van der Waals surface area contributed by atoms with Crippen LogP contribution in [-0.2, 0) is 14.8 Å². The van der Waals surface area contributed by atoms with Crippen LogP contribution in [0.1, 0.15) is 11.4 Å². The van der Waals surface area contributed by atoms with Crippen molar-refractivity contribution in [2.75, 3.05) is 26.3 Å². The van der Waals surface area contributed by atoms with Gasteiger partial charge in [0, 0.05) is 29.2 Å². The van der Waals surface area contributed by atoms with E-state index in [1.54, 1.807) is 6.07 Å². The monoisotopic (exact) mass is 327 g/mol. The van der Waals surface area contributed by atoms with Gasteiger partial charge in [-0.2, -0.15) is 9.40 Å². The highest BCUT2D eigenvalue weighted by molar-refractivity contribution is 7.91. The third-order valence-electron chi connectivity index (χ3n) is 3.52. The van der Waals surface area contributed by atoms with Crippen LogP contribution in [0.4, 0.5) is 0 Å². The molecule has 0 saturated carbocycles. The molecule has 3 rings (SSSR count). The van der Waals surface area contributed by atoms with Gasteiger partial charge in [-0.3, -0.25) is 5.10 Å². The minimum Gasteiger partial charge on any atom is -0.379 e. The molecule has 21 heavy (non-hydrogen) atoms. The average molecular weight is 327 g/mol. The Morgan fingerprint density at radius 1 is 1.29 bits per heavy atom. The van der Waals surface area contributed by atoms with Gasteiger partial charge in [0.05, 0.1) is 18.9 Å². The number of rotatable bonds is 3. The van der Waals surface area contributed by atoms with E-state index in [1.807, 2.05) is 19.9 Å². The lowest BCUT2D eigenvalue weighted by Crippen LogP contribution is -2.40. The van der Waals surface area contributed by atoms with Gasteiger partial charge in [0.1, 0.15) is 4.21 Å². The Hall–Kier alpha value is -1.22. The van der Waals surface area contributed by atoms with E-state index in [-0.39, 0.29) is 0 Å². The van der Waals surface area contributed by atoms with Gasteiger partial charge < -0.3 is 4.74 Å². The fourth-order valence-electron chi connectivity index (χ4n) is 2.42. The summed E-state index contributed by atoms with van der Waals surface area (Å²) in [6.07, 6.45) is 0. The molecule has 0 aliphatic carbocycles. The van der Waals surface area contributed by atoms with Gasteiger partial charge in [-0.25, -0.2) is 8.42 Å². The van der Waals surface area contributed by atoms with E-state index < -0.39 is 10.0 Å². The van der Waals surface area contributed by atoms with Crippen LogP contribution in [0, 0.1) is 13.8 Å². The second-order valence-corrected chi connectivity index (χ2v) is 8.19. The van der Waals surface area contributed by atoms with Crippen LogP contribution < -0.4 is 0 Å². The first-order valence-corrected chi connectivity index (χ1v) is 8.95. The molecule has 1 aliphatic rings. The molecular weight excluding hydrogens is 310 g/mol. The number of thiophene rings is 1. The van der Waals surface area contributed by atoms with E-state index >= 15 is 0 Å². The first-order chi connectivity index (χ1) is 10.00. The molecular formula is C13H17N3O3S2. The largest absolute Gasteiger partial charge is 0.379 e. The van der Waals surface area contributed by atoms with Crippen molar-refractivity contribution >= 4 is 21.4 Å². The van der Waals surface area contributed by atoms with E-state index in [0.29, 0.717) is 30.5 Å². The number of ether oxygens (including phenoxy) is 1. The lowest BCUT2D eigenvalue weighted by atomic mass is 10.2. The van der Waals surface area contributed by atoms with Crippen molar-refractivity contribution in [3.05, 3.63) is 23.5 Å². The predicted molar refractivity (Wildman–Crippen MR) is 81.0 cm³/mol. The SMILES string of the molecule is Cc1n[nH]c(C)c1-c1ccc(S(=O)(=O)N2CCOCC2)s1. The highest BCUT2D eigenvalue weighted by Crippen LogP contribution is 2.35. The van der Waals surface area contributed by atoms with Gasteiger partial charge in [0.25, 0.3) is 10.0 Å². The zero-order valence-electron chi connectivity index (χ0n) is 11.9. The maximum absolute atomic E-state index is 12.6. The molecule has 1 N–H and O–H groups in total. The highest BCUT2D eigenvalue weighted by Gasteiger charge is 2.28. The Morgan fingerprint density at radius 2 is 2.00 bits per heavy atom. The fourth-order valence-corrected chi connectivity index (χ4v) is 5.44. The summed E-state index contributed by atoms with van der Waals surface area (Å²) in [4.78, 5) is 0.922. The minimum absolute atomic E-state index is 0.374. The van der Waals surface area contributed by atoms with Crippen molar-refractivity contribution in [3.63, 3.8) is 0 Å². The van der Waals surface area contributed by atoms with Gasteiger partial charge in [0.15, 0.2) is 0 Å². The summed E-state index contributed by atoms with van der Waals surface area (Å²) in [5.41, 5.74) is 2.82. The van der Waals surface area contributed by atoms with E-state index in [1.165, 1.54) is 15.6 Å². The number of nitrogens with zero attached hydrogens (tertiary/aromatic N) is 2. The molecule has 2 aromatic heterocycles. The Kier molecular flexibility index (Phi) is 3.87. The van der Waals surface area contributed by atoms with Crippen LogP contribution in [0.15, 0.2) is 16.3 Å². The standard InChI is InChI=1S/C13H17N3O3S2/c1-9-13(10(2)15-14-9)11-3-4-12(20-11)21(17,18)16-5-7-19-8-6-16/h3-4H,5-8H2,1-2H3,(H,14,15). The second kappa shape index (κ2) is 5.53. The molecule has 0 amide bonds. The Balaban J connectivity index is 1.94. The average Bonchev–Trinajstić information content (AvgIpc) is 3.07. The molecule has 1 saturated heterocycles. The van der Waals surface area contributed by atoms with Crippen LogP contribution >= 0.6 is 11.3 Å². The molecule has 0 spiro atoms. The molecule has 0 radical (unpaired) electrons. The summed E-state index contributed by atoms with van der Waals surface area (Å²) in [7, 11) is -3.42. The topological polar surface area (TPSA) is 75.3 Å². The summed E-state index contributed by atoms with van der Waals surface area (Å²) in [6.45, 7) is 5.59. The number of sulfonamides is 1. The van der Waals surface area contributed by atoms with Gasteiger partial charge in [-0.15, -0.1) is 11.3 Å². The second-order valence-electron chi connectivity index (χ2n) is 4.94. The summed E-state index contributed by atoms with van der Waals surface area (Å²) in [5.74, 6) is 0.